The highest BCUT2D eigenvalue weighted by molar-refractivity contribution is 6.34. The van der Waals surface area contributed by atoms with Crippen LogP contribution in [-0.4, -0.2) is 9.55 Å². The molecule has 1 heterocycles. The van der Waals surface area contributed by atoms with Crippen LogP contribution < -0.4 is 5.73 Å². The predicted molar refractivity (Wildman–Crippen MR) is 58.0 cm³/mol. The normalized spacial score (nSPS) is 10.4. The highest BCUT2D eigenvalue weighted by Gasteiger charge is 2.03. The molecule has 0 unspecified atom stereocenters. The van der Waals surface area contributed by atoms with Crippen LogP contribution in [0, 0.1) is 0 Å². The van der Waals surface area contributed by atoms with Crippen LogP contribution >= 0.6 is 23.2 Å². The van der Waals surface area contributed by atoms with E-state index in [1.165, 1.54) is 0 Å². The van der Waals surface area contributed by atoms with E-state index in [9.17, 15) is 0 Å². The smallest absolute Gasteiger partial charge is 0.204 e. The van der Waals surface area contributed by atoms with Crippen molar-refractivity contribution in [3.8, 4) is 5.69 Å². The molecule has 0 bridgehead atoms. The van der Waals surface area contributed by atoms with Gasteiger partial charge in [-0.05, 0) is 18.2 Å². The molecule has 0 aliphatic carbocycles. The van der Waals surface area contributed by atoms with Crippen LogP contribution in [0.1, 0.15) is 0 Å². The Hall–Kier alpha value is -1.19. The zero-order valence-electron chi connectivity index (χ0n) is 7.11. The first-order valence-electron chi connectivity index (χ1n) is 3.92. The maximum absolute atomic E-state index is 5.86. The minimum absolute atomic E-state index is 0.406. The molecule has 0 aliphatic heterocycles. The van der Waals surface area contributed by atoms with E-state index in [4.69, 9.17) is 28.9 Å². The van der Waals surface area contributed by atoms with Gasteiger partial charge in [0.2, 0.25) is 5.95 Å². The van der Waals surface area contributed by atoms with Crippen molar-refractivity contribution in [3.05, 3.63) is 40.6 Å². The first kappa shape index (κ1) is 9.37. The molecule has 0 atom stereocenters. The molecule has 0 saturated heterocycles. The lowest BCUT2D eigenvalue weighted by Gasteiger charge is -2.05. The Bertz CT molecular complexity index is 445. The topological polar surface area (TPSA) is 43.8 Å². The third-order valence-electron chi connectivity index (χ3n) is 1.79. The van der Waals surface area contributed by atoms with Crippen molar-refractivity contribution in [3.63, 3.8) is 0 Å². The number of imidazole rings is 1. The first-order valence-corrected chi connectivity index (χ1v) is 4.68. The van der Waals surface area contributed by atoms with Crippen LogP contribution in [0.4, 0.5) is 5.95 Å². The van der Waals surface area contributed by atoms with Gasteiger partial charge in [0.15, 0.2) is 0 Å². The molecule has 0 fully saturated rings. The van der Waals surface area contributed by atoms with Gasteiger partial charge < -0.3 is 5.73 Å². The van der Waals surface area contributed by atoms with Gasteiger partial charge >= 0.3 is 0 Å². The molecule has 0 radical (unpaired) electrons. The molecular formula is C9H7Cl2N3. The minimum atomic E-state index is 0.406. The van der Waals surface area contributed by atoms with Crippen LogP contribution in [0.5, 0.6) is 0 Å². The summed E-state index contributed by atoms with van der Waals surface area (Å²) in [6, 6.07) is 5.21. The van der Waals surface area contributed by atoms with Crippen molar-refractivity contribution in [1.29, 1.82) is 0 Å². The second-order valence-corrected chi connectivity index (χ2v) is 3.66. The number of hydrogen-bond acceptors (Lipinski definition) is 2. The van der Waals surface area contributed by atoms with E-state index < -0.39 is 0 Å². The Kier molecular flexibility index (Phi) is 2.35. The molecule has 72 valence electrons. The van der Waals surface area contributed by atoms with Gasteiger partial charge in [0, 0.05) is 22.4 Å². The third-order valence-corrected chi connectivity index (χ3v) is 2.23. The monoisotopic (exact) mass is 227 g/mol. The Morgan fingerprint density at radius 3 is 2.29 bits per heavy atom. The molecule has 0 spiro atoms. The second-order valence-electron chi connectivity index (χ2n) is 2.78. The standard InChI is InChI=1S/C9H7Cl2N3/c10-6-3-7(11)5-8(4-6)14-2-1-13-9(14)12/h1-5H,(H2,12,13). The lowest BCUT2D eigenvalue weighted by Crippen LogP contribution is -1.99. The Balaban J connectivity index is 2.57. The number of hydrogen-bond donors (Lipinski definition) is 1. The van der Waals surface area contributed by atoms with Crippen LogP contribution in [0.15, 0.2) is 30.6 Å². The SMILES string of the molecule is Nc1nccn1-c1cc(Cl)cc(Cl)c1. The molecule has 3 nitrogen and oxygen atoms in total. The summed E-state index contributed by atoms with van der Waals surface area (Å²) in [7, 11) is 0. The highest BCUT2D eigenvalue weighted by Crippen LogP contribution is 2.22. The third kappa shape index (κ3) is 1.69. The summed E-state index contributed by atoms with van der Waals surface area (Å²) in [5.74, 6) is 0.406. The lowest BCUT2D eigenvalue weighted by atomic mass is 10.3. The maximum atomic E-state index is 5.86. The molecule has 0 aliphatic rings. The number of halogens is 2. The van der Waals surface area contributed by atoms with Gasteiger partial charge in [-0.1, -0.05) is 23.2 Å². The van der Waals surface area contributed by atoms with Crippen molar-refractivity contribution in [2.24, 2.45) is 0 Å². The molecule has 1 aromatic carbocycles. The Morgan fingerprint density at radius 1 is 1.14 bits per heavy atom. The fourth-order valence-corrected chi connectivity index (χ4v) is 1.73. The molecule has 14 heavy (non-hydrogen) atoms. The van der Waals surface area contributed by atoms with E-state index in [-0.39, 0.29) is 0 Å². The van der Waals surface area contributed by atoms with Gasteiger partial charge in [-0.3, -0.25) is 4.57 Å². The summed E-state index contributed by atoms with van der Waals surface area (Å²) >= 11 is 11.7. The minimum Gasteiger partial charge on any atom is -0.369 e. The number of rotatable bonds is 1. The lowest BCUT2D eigenvalue weighted by molar-refractivity contribution is 1.07. The van der Waals surface area contributed by atoms with E-state index >= 15 is 0 Å². The number of benzene rings is 1. The van der Waals surface area contributed by atoms with Crippen LogP contribution in [-0.2, 0) is 0 Å². The number of nitrogens with two attached hydrogens (primary N) is 1. The van der Waals surface area contributed by atoms with Crippen LogP contribution in [0.3, 0.4) is 0 Å². The van der Waals surface area contributed by atoms with E-state index in [2.05, 4.69) is 4.98 Å². The maximum Gasteiger partial charge on any atom is 0.204 e. The number of anilines is 1. The predicted octanol–water partition coefficient (Wildman–Crippen LogP) is 2.76. The van der Waals surface area contributed by atoms with Gasteiger partial charge in [0.25, 0.3) is 0 Å². The van der Waals surface area contributed by atoms with Crippen LogP contribution in [0.2, 0.25) is 10.0 Å². The summed E-state index contributed by atoms with van der Waals surface area (Å²) in [6.07, 6.45) is 3.36. The second kappa shape index (κ2) is 3.52. The van der Waals surface area contributed by atoms with Gasteiger partial charge in [-0.25, -0.2) is 4.98 Å². The zero-order valence-corrected chi connectivity index (χ0v) is 8.63. The van der Waals surface area contributed by atoms with Gasteiger partial charge in [0.05, 0.1) is 5.69 Å². The summed E-state index contributed by atoms with van der Waals surface area (Å²) in [4.78, 5) is 3.91. The summed E-state index contributed by atoms with van der Waals surface area (Å²) < 4.78 is 1.71. The van der Waals surface area contributed by atoms with E-state index in [0.717, 1.165) is 5.69 Å². The summed E-state index contributed by atoms with van der Waals surface area (Å²) in [6.45, 7) is 0. The van der Waals surface area contributed by atoms with Gasteiger partial charge in [0.1, 0.15) is 0 Å². The van der Waals surface area contributed by atoms with Gasteiger partial charge in [-0.15, -0.1) is 0 Å². The largest absolute Gasteiger partial charge is 0.369 e. The number of nitrogens with zero attached hydrogens (tertiary/aromatic N) is 2. The highest BCUT2D eigenvalue weighted by atomic mass is 35.5. The number of nitrogen functional groups attached to an aromatic ring is 1. The van der Waals surface area contributed by atoms with Crippen molar-refractivity contribution >= 4 is 29.2 Å². The average Bonchev–Trinajstić information content (AvgIpc) is 2.49. The quantitative estimate of drug-likeness (QED) is 0.815. The average molecular weight is 228 g/mol. The molecule has 5 heteroatoms. The molecule has 0 amide bonds. The zero-order chi connectivity index (χ0) is 10.1. The summed E-state index contributed by atoms with van der Waals surface area (Å²) in [5, 5.41) is 1.14. The first-order chi connectivity index (χ1) is 6.66. The van der Waals surface area contributed by atoms with E-state index in [0.29, 0.717) is 16.0 Å². The molecule has 0 saturated carbocycles. The Labute approximate surface area is 91.1 Å². The van der Waals surface area contributed by atoms with Crippen molar-refractivity contribution in [1.82, 2.24) is 9.55 Å². The fourth-order valence-electron chi connectivity index (χ4n) is 1.21. The summed E-state index contributed by atoms with van der Waals surface area (Å²) in [5.41, 5.74) is 6.44. The van der Waals surface area contributed by atoms with Gasteiger partial charge in [-0.2, -0.15) is 0 Å². The molecule has 2 rings (SSSR count). The Morgan fingerprint density at radius 2 is 1.79 bits per heavy atom. The number of aromatic nitrogens is 2. The fraction of sp³-hybridized carbons (Fsp3) is 0. The molecular weight excluding hydrogens is 221 g/mol. The van der Waals surface area contributed by atoms with E-state index in [1.807, 2.05) is 0 Å². The van der Waals surface area contributed by atoms with Crippen molar-refractivity contribution < 1.29 is 0 Å². The van der Waals surface area contributed by atoms with E-state index in [1.54, 1.807) is 35.2 Å². The molecule has 1 aromatic heterocycles. The van der Waals surface area contributed by atoms with Crippen LogP contribution in [0.25, 0.3) is 5.69 Å². The van der Waals surface area contributed by atoms with Crippen molar-refractivity contribution in [2.75, 3.05) is 5.73 Å². The molecule has 2 N–H and O–H groups in total. The molecule has 2 aromatic rings. The van der Waals surface area contributed by atoms with Crippen molar-refractivity contribution in [2.45, 2.75) is 0 Å².